The normalized spacial score (nSPS) is 18.4. The van der Waals surface area contributed by atoms with Gasteiger partial charge in [0.15, 0.2) is 0 Å². The van der Waals surface area contributed by atoms with Crippen LogP contribution in [0.25, 0.3) is 12.2 Å². The number of hydrogen-bond acceptors (Lipinski definition) is 6. The fourth-order valence-electron chi connectivity index (χ4n) is 2.36. The van der Waals surface area contributed by atoms with Crippen LogP contribution in [0.1, 0.15) is 24.3 Å². The molecule has 1 saturated heterocycles. The lowest BCUT2D eigenvalue weighted by Crippen LogP contribution is -2.45. The first kappa shape index (κ1) is 16.8. The van der Waals surface area contributed by atoms with E-state index in [1.807, 2.05) is 37.0 Å². The van der Waals surface area contributed by atoms with Gasteiger partial charge in [0, 0.05) is 13.1 Å². The molecule has 0 bridgehead atoms. The van der Waals surface area contributed by atoms with Crippen molar-refractivity contribution in [3.05, 3.63) is 29.5 Å². The molecule has 1 N–H and O–H groups in total. The van der Waals surface area contributed by atoms with Crippen LogP contribution in [0.5, 0.6) is 0 Å². The van der Waals surface area contributed by atoms with Crippen molar-refractivity contribution in [1.29, 1.82) is 0 Å². The Morgan fingerprint density at radius 3 is 3.12 bits per heavy atom. The van der Waals surface area contributed by atoms with Crippen LogP contribution in [0.15, 0.2) is 21.7 Å². The Morgan fingerprint density at radius 2 is 2.38 bits per heavy atom. The molecule has 2 aromatic heterocycles. The van der Waals surface area contributed by atoms with Gasteiger partial charge in [-0.2, -0.15) is 0 Å². The fourth-order valence-corrected chi connectivity index (χ4v) is 3.07. The van der Waals surface area contributed by atoms with E-state index >= 15 is 0 Å². The molecule has 1 fully saturated rings. The summed E-state index contributed by atoms with van der Waals surface area (Å²) in [5, 5.41) is 7.51. The number of amides is 1. The molecule has 2 aromatic rings. The van der Waals surface area contributed by atoms with Crippen LogP contribution in [0.4, 0.5) is 0 Å². The summed E-state index contributed by atoms with van der Waals surface area (Å²) in [5.74, 6) is 2.65. The minimum Gasteiger partial charge on any atom is -0.462 e. The topological polar surface area (TPSA) is 84.3 Å². The predicted octanol–water partition coefficient (Wildman–Crippen LogP) is 2.22. The van der Waals surface area contributed by atoms with Gasteiger partial charge in [0.1, 0.15) is 17.3 Å². The van der Waals surface area contributed by atoms with Crippen molar-refractivity contribution in [2.24, 2.45) is 0 Å². The molecule has 0 aliphatic carbocycles. The highest BCUT2D eigenvalue weighted by molar-refractivity contribution is 7.99. The molecule has 1 amide bonds. The smallest absolute Gasteiger partial charge is 0.233 e. The van der Waals surface area contributed by atoms with E-state index in [-0.39, 0.29) is 12.0 Å². The molecule has 7 nitrogen and oxygen atoms in total. The van der Waals surface area contributed by atoms with E-state index in [4.69, 9.17) is 9.15 Å². The number of aromatic amines is 1. The summed E-state index contributed by atoms with van der Waals surface area (Å²) in [4.78, 5) is 18.4. The molecule has 1 aliphatic heterocycles. The first-order valence-electron chi connectivity index (χ1n) is 7.79. The van der Waals surface area contributed by atoms with Crippen molar-refractivity contribution < 1.29 is 13.9 Å². The van der Waals surface area contributed by atoms with Crippen LogP contribution in [0, 0.1) is 6.92 Å². The number of H-pyrrole nitrogens is 1. The molecule has 128 valence electrons. The Labute approximate surface area is 144 Å². The number of morpholine rings is 1. The number of hydrogen-bond donors (Lipinski definition) is 1. The molecule has 8 heteroatoms. The van der Waals surface area contributed by atoms with Gasteiger partial charge in [-0.05, 0) is 38.1 Å². The Bertz CT molecular complexity index is 724. The minimum absolute atomic E-state index is 0.0862. The number of nitrogens with one attached hydrogen (secondary N) is 1. The average molecular weight is 348 g/mol. The Balaban J connectivity index is 1.50. The maximum Gasteiger partial charge on any atom is 0.233 e. The Hall–Kier alpha value is -2.06. The van der Waals surface area contributed by atoms with Crippen LogP contribution < -0.4 is 0 Å². The van der Waals surface area contributed by atoms with E-state index in [0.717, 1.165) is 11.5 Å². The highest BCUT2D eigenvalue weighted by atomic mass is 32.2. The minimum atomic E-state index is 0.0862. The molecule has 0 aromatic carbocycles. The van der Waals surface area contributed by atoms with Gasteiger partial charge in [-0.3, -0.25) is 9.89 Å². The van der Waals surface area contributed by atoms with Crippen LogP contribution in [0.3, 0.4) is 0 Å². The first-order chi connectivity index (χ1) is 11.6. The molecular weight excluding hydrogens is 328 g/mol. The van der Waals surface area contributed by atoms with Crippen molar-refractivity contribution in [1.82, 2.24) is 20.1 Å². The molecule has 3 rings (SSSR count). The number of aryl methyl sites for hydroxylation is 1. The second-order valence-electron chi connectivity index (χ2n) is 5.59. The molecule has 0 radical (unpaired) electrons. The molecule has 1 aliphatic rings. The summed E-state index contributed by atoms with van der Waals surface area (Å²) in [5.41, 5.74) is 0. The summed E-state index contributed by atoms with van der Waals surface area (Å²) >= 11 is 1.33. The van der Waals surface area contributed by atoms with Crippen molar-refractivity contribution in [2.75, 3.05) is 25.4 Å². The number of aromatic nitrogens is 3. The third-order valence-corrected chi connectivity index (χ3v) is 4.40. The monoisotopic (exact) mass is 348 g/mol. The van der Waals surface area contributed by atoms with Gasteiger partial charge in [0.25, 0.3) is 0 Å². The number of furan rings is 1. The largest absolute Gasteiger partial charge is 0.462 e. The lowest BCUT2D eigenvalue weighted by atomic mass is 10.3. The molecule has 1 atom stereocenters. The summed E-state index contributed by atoms with van der Waals surface area (Å²) in [7, 11) is 0. The van der Waals surface area contributed by atoms with Gasteiger partial charge in [0.05, 0.1) is 18.5 Å². The summed E-state index contributed by atoms with van der Waals surface area (Å²) < 4.78 is 10.9. The molecule has 3 heterocycles. The van der Waals surface area contributed by atoms with E-state index in [1.54, 1.807) is 6.08 Å². The molecule has 0 spiro atoms. The second kappa shape index (κ2) is 7.67. The van der Waals surface area contributed by atoms with Crippen LogP contribution in [-0.4, -0.2) is 57.5 Å². The third kappa shape index (κ3) is 4.48. The van der Waals surface area contributed by atoms with Crippen LogP contribution in [0.2, 0.25) is 0 Å². The van der Waals surface area contributed by atoms with Crippen LogP contribution in [-0.2, 0) is 9.53 Å². The zero-order valence-corrected chi connectivity index (χ0v) is 14.5. The van der Waals surface area contributed by atoms with Gasteiger partial charge >= 0.3 is 0 Å². The highest BCUT2D eigenvalue weighted by Crippen LogP contribution is 2.16. The van der Waals surface area contributed by atoms with E-state index in [9.17, 15) is 4.79 Å². The maximum atomic E-state index is 12.2. The standard InChI is InChI=1S/C16H20N4O3S/c1-11-3-4-13(23-11)5-6-14-17-16(19-18-14)24-10-15(21)20-7-8-22-12(2)9-20/h3-6,12H,7-10H2,1-2H3,(H,17,18,19)/b6-5+/t12-/m0/s1. The zero-order chi connectivity index (χ0) is 16.9. The molecular formula is C16H20N4O3S. The number of nitrogens with zero attached hydrogens (tertiary/aromatic N) is 3. The molecule has 0 saturated carbocycles. The van der Waals surface area contributed by atoms with E-state index in [1.165, 1.54) is 11.8 Å². The Morgan fingerprint density at radius 1 is 1.50 bits per heavy atom. The number of thioether (sulfide) groups is 1. The van der Waals surface area contributed by atoms with Crippen molar-refractivity contribution in [2.45, 2.75) is 25.1 Å². The number of rotatable bonds is 5. The first-order valence-corrected chi connectivity index (χ1v) is 8.78. The van der Waals surface area contributed by atoms with Gasteiger partial charge in [-0.1, -0.05) is 11.8 Å². The van der Waals surface area contributed by atoms with Gasteiger partial charge < -0.3 is 14.1 Å². The van der Waals surface area contributed by atoms with Crippen molar-refractivity contribution in [3.8, 4) is 0 Å². The highest BCUT2D eigenvalue weighted by Gasteiger charge is 2.21. The van der Waals surface area contributed by atoms with E-state index in [2.05, 4.69) is 15.2 Å². The quantitative estimate of drug-likeness (QED) is 0.834. The zero-order valence-electron chi connectivity index (χ0n) is 13.7. The second-order valence-corrected chi connectivity index (χ2v) is 6.54. The summed E-state index contributed by atoms with van der Waals surface area (Å²) in [6.07, 6.45) is 3.71. The van der Waals surface area contributed by atoms with Crippen LogP contribution >= 0.6 is 11.8 Å². The third-order valence-electron chi connectivity index (χ3n) is 3.57. The predicted molar refractivity (Wildman–Crippen MR) is 91.5 cm³/mol. The fraction of sp³-hybridized carbons (Fsp3) is 0.438. The number of carbonyl (C=O) groups excluding carboxylic acids is 1. The van der Waals surface area contributed by atoms with Gasteiger partial charge in [0.2, 0.25) is 11.1 Å². The lowest BCUT2D eigenvalue weighted by molar-refractivity contribution is -0.135. The number of ether oxygens (including phenoxy) is 1. The lowest BCUT2D eigenvalue weighted by Gasteiger charge is -2.31. The van der Waals surface area contributed by atoms with E-state index in [0.29, 0.717) is 36.4 Å². The summed E-state index contributed by atoms with van der Waals surface area (Å²) in [6.45, 7) is 5.76. The SMILES string of the molecule is Cc1ccc(/C=C/c2nc(SCC(=O)N3CCO[C@@H](C)C3)n[nH]2)o1. The summed E-state index contributed by atoms with van der Waals surface area (Å²) in [6, 6.07) is 3.79. The van der Waals surface area contributed by atoms with E-state index < -0.39 is 0 Å². The number of carbonyl (C=O) groups is 1. The maximum absolute atomic E-state index is 12.2. The molecule has 0 unspecified atom stereocenters. The molecule has 24 heavy (non-hydrogen) atoms. The van der Waals surface area contributed by atoms with Crippen molar-refractivity contribution >= 4 is 29.8 Å². The van der Waals surface area contributed by atoms with Gasteiger partial charge in [-0.15, -0.1) is 5.10 Å². The van der Waals surface area contributed by atoms with Gasteiger partial charge in [-0.25, -0.2) is 4.98 Å². The average Bonchev–Trinajstić information content (AvgIpc) is 3.19. The Kier molecular flexibility index (Phi) is 5.37. The van der Waals surface area contributed by atoms with Crippen molar-refractivity contribution in [3.63, 3.8) is 0 Å².